The first-order valence-electron chi connectivity index (χ1n) is 9.45. The van der Waals surface area contributed by atoms with Gasteiger partial charge in [-0.2, -0.15) is 0 Å². The Morgan fingerprint density at radius 3 is 2.64 bits per heavy atom. The van der Waals surface area contributed by atoms with E-state index < -0.39 is 5.97 Å². The molecule has 1 saturated heterocycles. The number of aliphatic carboxylic acids is 1. The molecule has 0 aromatic rings. The van der Waals surface area contributed by atoms with E-state index in [-0.39, 0.29) is 29.7 Å². The smallest absolute Gasteiger partial charge is 0.307 e. The maximum absolute atomic E-state index is 12.3. The standard InChI is InChI=1S/C19H30N2O4/c1-20-18(23)16-10-8-12-21(16)17(22)11-7-5-3-2-4-6-9-14-13-15(14)19(24)25/h6,9,14-16H,2-5,7-8,10-13H2,1H3,(H,20,23)(H,24,25)/b9-6-/t14-,15+,16+/m1/s1. The third-order valence-corrected chi connectivity index (χ3v) is 5.17. The van der Waals surface area contributed by atoms with Crippen molar-refractivity contribution in [2.75, 3.05) is 13.6 Å². The van der Waals surface area contributed by atoms with Crippen LogP contribution in [0.1, 0.15) is 57.8 Å². The lowest BCUT2D eigenvalue weighted by Gasteiger charge is -2.23. The molecule has 6 heteroatoms. The van der Waals surface area contributed by atoms with Gasteiger partial charge >= 0.3 is 5.97 Å². The number of hydrogen-bond acceptors (Lipinski definition) is 3. The zero-order chi connectivity index (χ0) is 18.2. The highest BCUT2D eigenvalue weighted by Gasteiger charge is 2.40. The molecular weight excluding hydrogens is 320 g/mol. The molecular formula is C19H30N2O4. The zero-order valence-electron chi connectivity index (χ0n) is 15.1. The fraction of sp³-hybridized carbons (Fsp3) is 0.737. The van der Waals surface area contributed by atoms with Crippen LogP contribution in [-0.4, -0.2) is 47.4 Å². The second-order valence-corrected chi connectivity index (χ2v) is 7.08. The lowest BCUT2D eigenvalue weighted by Crippen LogP contribution is -2.44. The Morgan fingerprint density at radius 2 is 1.96 bits per heavy atom. The number of hydrogen-bond donors (Lipinski definition) is 2. The number of nitrogens with one attached hydrogen (secondary N) is 1. The first-order chi connectivity index (χ1) is 12.0. The fourth-order valence-electron chi connectivity index (χ4n) is 3.52. The van der Waals surface area contributed by atoms with Crippen molar-refractivity contribution in [2.45, 2.75) is 63.8 Å². The average molecular weight is 350 g/mol. The van der Waals surface area contributed by atoms with Crippen molar-refractivity contribution in [1.82, 2.24) is 10.2 Å². The van der Waals surface area contributed by atoms with E-state index in [0.29, 0.717) is 13.0 Å². The summed E-state index contributed by atoms with van der Waals surface area (Å²) in [6.45, 7) is 0.695. The SMILES string of the molecule is CNC(=O)[C@@H]1CCCN1C(=O)CCCCCC/C=C\[C@@H]1C[C@@H]1C(=O)O. The molecule has 6 nitrogen and oxygen atoms in total. The molecule has 0 spiro atoms. The van der Waals surface area contributed by atoms with Crippen LogP contribution in [0.4, 0.5) is 0 Å². The number of likely N-dealkylation sites (tertiary alicyclic amines) is 1. The fourth-order valence-corrected chi connectivity index (χ4v) is 3.52. The Morgan fingerprint density at radius 1 is 1.20 bits per heavy atom. The number of likely N-dealkylation sites (N-methyl/N-ethyl adjacent to an activating group) is 1. The highest BCUT2D eigenvalue weighted by Crippen LogP contribution is 2.39. The van der Waals surface area contributed by atoms with Gasteiger partial charge in [0.1, 0.15) is 6.04 Å². The minimum atomic E-state index is -0.684. The molecule has 1 aliphatic carbocycles. The van der Waals surface area contributed by atoms with Crippen LogP contribution in [0, 0.1) is 11.8 Å². The van der Waals surface area contributed by atoms with Crippen LogP contribution in [0.25, 0.3) is 0 Å². The first kappa shape index (κ1) is 19.5. The molecule has 140 valence electrons. The molecule has 2 fully saturated rings. The topological polar surface area (TPSA) is 86.7 Å². The average Bonchev–Trinajstić information content (AvgIpc) is 3.21. The number of carbonyl (C=O) groups is 3. The van der Waals surface area contributed by atoms with E-state index in [4.69, 9.17) is 5.11 Å². The highest BCUT2D eigenvalue weighted by atomic mass is 16.4. The van der Waals surface area contributed by atoms with E-state index in [9.17, 15) is 14.4 Å². The summed E-state index contributed by atoms with van der Waals surface area (Å²) in [6, 6.07) is -0.278. The van der Waals surface area contributed by atoms with Crippen LogP contribution in [-0.2, 0) is 14.4 Å². The summed E-state index contributed by atoms with van der Waals surface area (Å²) in [5.74, 6) is -0.566. The second kappa shape index (κ2) is 9.59. The van der Waals surface area contributed by atoms with Gasteiger partial charge in [0.2, 0.25) is 11.8 Å². The quantitative estimate of drug-likeness (QED) is 0.468. The molecule has 0 aromatic carbocycles. The van der Waals surface area contributed by atoms with Gasteiger partial charge in [-0.25, -0.2) is 0 Å². The molecule has 2 amide bonds. The molecule has 1 heterocycles. The number of carboxylic acids is 1. The maximum atomic E-state index is 12.3. The summed E-state index contributed by atoms with van der Waals surface area (Å²) in [5, 5.41) is 11.5. The second-order valence-electron chi connectivity index (χ2n) is 7.08. The molecule has 2 aliphatic rings. The molecule has 0 radical (unpaired) electrons. The van der Waals surface area contributed by atoms with Gasteiger partial charge in [-0.1, -0.05) is 25.0 Å². The molecule has 3 atom stereocenters. The van der Waals surface area contributed by atoms with E-state index in [0.717, 1.165) is 51.4 Å². The Hall–Kier alpha value is -1.85. The van der Waals surface area contributed by atoms with Crippen molar-refractivity contribution in [1.29, 1.82) is 0 Å². The highest BCUT2D eigenvalue weighted by molar-refractivity contribution is 5.88. The van der Waals surface area contributed by atoms with E-state index in [1.807, 2.05) is 6.08 Å². The normalized spacial score (nSPS) is 25.3. The van der Waals surface area contributed by atoms with Gasteiger partial charge < -0.3 is 15.3 Å². The first-order valence-corrected chi connectivity index (χ1v) is 9.45. The zero-order valence-corrected chi connectivity index (χ0v) is 15.1. The summed E-state index contributed by atoms with van der Waals surface area (Å²) in [4.78, 5) is 36.5. The molecule has 0 aromatic heterocycles. The van der Waals surface area contributed by atoms with Gasteiger partial charge in [-0.15, -0.1) is 0 Å². The van der Waals surface area contributed by atoms with Crippen LogP contribution in [0.5, 0.6) is 0 Å². The summed E-state index contributed by atoms with van der Waals surface area (Å²) in [5.41, 5.74) is 0. The predicted octanol–water partition coefficient (Wildman–Crippen LogP) is 2.34. The van der Waals surface area contributed by atoms with E-state index in [2.05, 4.69) is 11.4 Å². The molecule has 2 N–H and O–H groups in total. The van der Waals surface area contributed by atoms with Gasteiger partial charge in [-0.05, 0) is 44.4 Å². The molecule has 25 heavy (non-hydrogen) atoms. The van der Waals surface area contributed by atoms with Crippen molar-refractivity contribution in [3.8, 4) is 0 Å². The molecule has 2 rings (SSSR count). The maximum Gasteiger partial charge on any atom is 0.307 e. The van der Waals surface area contributed by atoms with E-state index in [1.165, 1.54) is 0 Å². The van der Waals surface area contributed by atoms with Crippen LogP contribution >= 0.6 is 0 Å². The monoisotopic (exact) mass is 350 g/mol. The Bertz CT molecular complexity index is 518. The van der Waals surface area contributed by atoms with E-state index in [1.54, 1.807) is 11.9 Å². The molecule has 0 unspecified atom stereocenters. The van der Waals surface area contributed by atoms with Crippen molar-refractivity contribution in [2.24, 2.45) is 11.8 Å². The van der Waals surface area contributed by atoms with Gasteiger partial charge in [0, 0.05) is 20.0 Å². The Labute approximate surface area is 149 Å². The number of rotatable bonds is 10. The minimum absolute atomic E-state index is 0.0570. The Kier molecular flexibility index (Phi) is 7.47. The van der Waals surface area contributed by atoms with Gasteiger partial charge in [0.15, 0.2) is 0 Å². The largest absolute Gasteiger partial charge is 0.481 e. The predicted molar refractivity (Wildman–Crippen MR) is 94.9 cm³/mol. The van der Waals surface area contributed by atoms with Crippen LogP contribution in [0.15, 0.2) is 12.2 Å². The number of carbonyl (C=O) groups excluding carboxylic acids is 2. The lowest BCUT2D eigenvalue weighted by atomic mass is 10.1. The molecule has 0 bridgehead atoms. The summed E-state index contributed by atoms with van der Waals surface area (Å²) in [7, 11) is 1.61. The van der Waals surface area contributed by atoms with Crippen LogP contribution < -0.4 is 5.32 Å². The van der Waals surface area contributed by atoms with Gasteiger partial charge in [0.25, 0.3) is 0 Å². The van der Waals surface area contributed by atoms with Crippen molar-refractivity contribution in [3.05, 3.63) is 12.2 Å². The van der Waals surface area contributed by atoms with Crippen LogP contribution in [0.3, 0.4) is 0 Å². The summed E-state index contributed by atoms with van der Waals surface area (Å²) >= 11 is 0. The number of allylic oxidation sites excluding steroid dienone is 2. The van der Waals surface area contributed by atoms with Crippen molar-refractivity contribution >= 4 is 17.8 Å². The number of amides is 2. The van der Waals surface area contributed by atoms with Crippen molar-refractivity contribution in [3.63, 3.8) is 0 Å². The third-order valence-electron chi connectivity index (χ3n) is 5.17. The van der Waals surface area contributed by atoms with Gasteiger partial charge in [-0.3, -0.25) is 14.4 Å². The number of unbranched alkanes of at least 4 members (excludes halogenated alkanes) is 4. The van der Waals surface area contributed by atoms with Crippen molar-refractivity contribution < 1.29 is 19.5 Å². The van der Waals surface area contributed by atoms with Gasteiger partial charge in [0.05, 0.1) is 5.92 Å². The summed E-state index contributed by atoms with van der Waals surface area (Å²) < 4.78 is 0. The lowest BCUT2D eigenvalue weighted by molar-refractivity contribution is -0.138. The summed E-state index contributed by atoms with van der Waals surface area (Å²) in [6.07, 6.45) is 12.1. The van der Waals surface area contributed by atoms with E-state index >= 15 is 0 Å². The Balaban J connectivity index is 1.51. The molecule has 1 saturated carbocycles. The minimum Gasteiger partial charge on any atom is -0.481 e. The van der Waals surface area contributed by atoms with Crippen LogP contribution in [0.2, 0.25) is 0 Å². The number of nitrogens with zero attached hydrogens (tertiary/aromatic N) is 1. The molecule has 1 aliphatic heterocycles. The third kappa shape index (κ3) is 5.87. The number of carboxylic acid groups (broad SMARTS) is 1.